The first-order valence-electron chi connectivity index (χ1n) is 5.98. The molecule has 1 heterocycles. The van der Waals surface area contributed by atoms with Gasteiger partial charge in [-0.05, 0) is 25.2 Å². The molecule has 1 aliphatic rings. The molecule has 2 unspecified atom stereocenters. The summed E-state index contributed by atoms with van der Waals surface area (Å²) in [5.41, 5.74) is 1.56. The lowest BCUT2D eigenvalue weighted by molar-refractivity contribution is 0.475. The topological polar surface area (TPSA) is 48.7 Å². The van der Waals surface area contributed by atoms with Crippen LogP contribution in [-0.4, -0.2) is 22.5 Å². The summed E-state index contributed by atoms with van der Waals surface area (Å²) in [6.45, 7) is 0. The molecule has 0 amide bonds. The summed E-state index contributed by atoms with van der Waals surface area (Å²) >= 11 is 1.92. The van der Waals surface area contributed by atoms with Crippen LogP contribution in [0.3, 0.4) is 0 Å². The van der Waals surface area contributed by atoms with Crippen molar-refractivity contribution >= 4 is 17.4 Å². The van der Waals surface area contributed by atoms with E-state index in [1.165, 1.54) is 25.7 Å². The normalized spacial score (nSPS) is 24.0. The smallest absolute Gasteiger partial charge is 0.101 e. The second kappa shape index (κ2) is 5.92. The molecule has 0 aromatic carbocycles. The highest BCUT2D eigenvalue weighted by molar-refractivity contribution is 7.99. The summed E-state index contributed by atoms with van der Waals surface area (Å²) in [6, 6.07) is 4.44. The van der Waals surface area contributed by atoms with E-state index in [0.29, 0.717) is 16.9 Å². The van der Waals surface area contributed by atoms with E-state index in [2.05, 4.69) is 22.6 Å². The van der Waals surface area contributed by atoms with Crippen molar-refractivity contribution in [2.24, 2.45) is 0 Å². The highest BCUT2D eigenvalue weighted by Gasteiger charge is 2.24. The van der Waals surface area contributed by atoms with E-state index in [1.54, 1.807) is 18.5 Å². The molecule has 2 rings (SSSR count). The van der Waals surface area contributed by atoms with Crippen molar-refractivity contribution < 1.29 is 0 Å². The second-order valence-electron chi connectivity index (χ2n) is 4.34. The van der Waals surface area contributed by atoms with Gasteiger partial charge in [0.1, 0.15) is 6.07 Å². The fourth-order valence-electron chi connectivity index (χ4n) is 2.35. The van der Waals surface area contributed by atoms with Crippen molar-refractivity contribution in [2.45, 2.75) is 37.0 Å². The molecule has 1 aromatic heterocycles. The van der Waals surface area contributed by atoms with Gasteiger partial charge in [0, 0.05) is 17.5 Å². The van der Waals surface area contributed by atoms with Gasteiger partial charge >= 0.3 is 0 Å². The Labute approximate surface area is 107 Å². The number of nitrogens with zero attached hydrogens (tertiary/aromatic N) is 2. The minimum atomic E-state index is 0.468. The van der Waals surface area contributed by atoms with Crippen LogP contribution in [0.1, 0.15) is 31.2 Å². The van der Waals surface area contributed by atoms with Crippen molar-refractivity contribution in [1.82, 2.24) is 4.98 Å². The summed E-state index contributed by atoms with van der Waals surface area (Å²) in [4.78, 5) is 4.09. The number of anilines is 1. The SMILES string of the molecule is CSC1CCCCC1Nc1cnccc1C#N. The molecule has 2 atom stereocenters. The van der Waals surface area contributed by atoms with E-state index in [1.807, 2.05) is 11.8 Å². The average molecular weight is 247 g/mol. The highest BCUT2D eigenvalue weighted by atomic mass is 32.2. The third-order valence-electron chi connectivity index (χ3n) is 3.29. The van der Waals surface area contributed by atoms with Crippen molar-refractivity contribution in [2.75, 3.05) is 11.6 Å². The van der Waals surface area contributed by atoms with E-state index in [4.69, 9.17) is 5.26 Å². The quantitative estimate of drug-likeness (QED) is 0.892. The second-order valence-corrected chi connectivity index (χ2v) is 5.42. The number of hydrogen-bond donors (Lipinski definition) is 1. The number of nitriles is 1. The standard InChI is InChI=1S/C13H17N3S/c1-17-13-5-3-2-4-11(13)16-12-9-15-7-6-10(12)8-14/h6-7,9,11,13,16H,2-5H2,1H3. The zero-order valence-electron chi connectivity index (χ0n) is 10.0. The maximum Gasteiger partial charge on any atom is 0.101 e. The molecule has 1 aromatic rings. The minimum absolute atomic E-state index is 0.468. The Bertz CT molecular complexity index is 413. The van der Waals surface area contributed by atoms with Gasteiger partial charge in [0.15, 0.2) is 0 Å². The third kappa shape index (κ3) is 2.92. The lowest BCUT2D eigenvalue weighted by Crippen LogP contribution is -2.34. The summed E-state index contributed by atoms with van der Waals surface area (Å²) < 4.78 is 0. The molecular weight excluding hydrogens is 230 g/mol. The van der Waals surface area contributed by atoms with Crippen LogP contribution in [0.5, 0.6) is 0 Å². The van der Waals surface area contributed by atoms with Gasteiger partial charge in [0.25, 0.3) is 0 Å². The molecule has 3 nitrogen and oxygen atoms in total. The van der Waals surface area contributed by atoms with Gasteiger partial charge in [0.05, 0.1) is 17.4 Å². The summed E-state index contributed by atoms with van der Waals surface area (Å²) in [6.07, 6.45) is 10.6. The van der Waals surface area contributed by atoms with Crippen LogP contribution in [0.25, 0.3) is 0 Å². The maximum atomic E-state index is 9.05. The first kappa shape index (κ1) is 12.3. The van der Waals surface area contributed by atoms with E-state index in [0.717, 1.165) is 5.69 Å². The zero-order valence-corrected chi connectivity index (χ0v) is 10.8. The predicted molar refractivity (Wildman–Crippen MR) is 72.1 cm³/mol. The lowest BCUT2D eigenvalue weighted by atomic mass is 9.94. The molecule has 0 saturated heterocycles. The first-order valence-corrected chi connectivity index (χ1v) is 7.27. The van der Waals surface area contributed by atoms with E-state index < -0.39 is 0 Å². The van der Waals surface area contributed by atoms with Crippen LogP contribution in [0.15, 0.2) is 18.5 Å². The molecule has 1 N–H and O–H groups in total. The Morgan fingerprint density at radius 2 is 2.29 bits per heavy atom. The number of nitrogens with one attached hydrogen (secondary N) is 1. The van der Waals surface area contributed by atoms with Gasteiger partial charge < -0.3 is 5.32 Å². The molecule has 0 bridgehead atoms. The van der Waals surface area contributed by atoms with Gasteiger partial charge in [0.2, 0.25) is 0 Å². The Morgan fingerprint density at radius 1 is 1.47 bits per heavy atom. The fourth-order valence-corrected chi connectivity index (χ4v) is 3.29. The fraction of sp³-hybridized carbons (Fsp3) is 0.538. The number of pyridine rings is 1. The number of rotatable bonds is 3. The van der Waals surface area contributed by atoms with Gasteiger partial charge in [-0.25, -0.2) is 0 Å². The van der Waals surface area contributed by atoms with Crippen molar-refractivity contribution in [1.29, 1.82) is 5.26 Å². The van der Waals surface area contributed by atoms with Gasteiger partial charge in [-0.2, -0.15) is 17.0 Å². The first-order chi connectivity index (χ1) is 8.35. The molecule has 0 aliphatic heterocycles. The highest BCUT2D eigenvalue weighted by Crippen LogP contribution is 2.30. The minimum Gasteiger partial charge on any atom is -0.379 e. The van der Waals surface area contributed by atoms with Crippen molar-refractivity contribution in [3.63, 3.8) is 0 Å². The zero-order chi connectivity index (χ0) is 12.1. The van der Waals surface area contributed by atoms with Crippen LogP contribution in [0.4, 0.5) is 5.69 Å². The van der Waals surface area contributed by atoms with Crippen LogP contribution in [0, 0.1) is 11.3 Å². The number of thioether (sulfide) groups is 1. The molecule has 4 heteroatoms. The summed E-state index contributed by atoms with van der Waals surface area (Å²) in [5.74, 6) is 0. The molecular formula is C13H17N3S. The summed E-state index contributed by atoms with van der Waals surface area (Å²) in [5, 5.41) is 13.2. The molecule has 0 spiro atoms. The molecule has 0 radical (unpaired) electrons. The molecule has 1 saturated carbocycles. The summed E-state index contributed by atoms with van der Waals surface area (Å²) in [7, 11) is 0. The van der Waals surface area contributed by atoms with Gasteiger partial charge in [-0.1, -0.05) is 12.8 Å². The van der Waals surface area contributed by atoms with Crippen LogP contribution in [-0.2, 0) is 0 Å². The Balaban J connectivity index is 2.11. The monoisotopic (exact) mass is 247 g/mol. The Hall–Kier alpha value is -1.21. The van der Waals surface area contributed by atoms with Crippen LogP contribution in [0.2, 0.25) is 0 Å². The van der Waals surface area contributed by atoms with Crippen molar-refractivity contribution in [3.8, 4) is 6.07 Å². The predicted octanol–water partition coefficient (Wildman–Crippen LogP) is 3.04. The molecule has 17 heavy (non-hydrogen) atoms. The van der Waals surface area contributed by atoms with Crippen LogP contribution >= 0.6 is 11.8 Å². The van der Waals surface area contributed by atoms with Crippen molar-refractivity contribution in [3.05, 3.63) is 24.0 Å². The van der Waals surface area contributed by atoms with E-state index in [9.17, 15) is 0 Å². The third-order valence-corrected chi connectivity index (χ3v) is 4.46. The maximum absolute atomic E-state index is 9.05. The molecule has 1 fully saturated rings. The lowest BCUT2D eigenvalue weighted by Gasteiger charge is -2.31. The average Bonchev–Trinajstić information content (AvgIpc) is 2.40. The van der Waals surface area contributed by atoms with Crippen LogP contribution < -0.4 is 5.32 Å². The van der Waals surface area contributed by atoms with Gasteiger partial charge in [-0.15, -0.1) is 0 Å². The molecule has 90 valence electrons. The molecule has 1 aliphatic carbocycles. The Morgan fingerprint density at radius 3 is 3.06 bits per heavy atom. The number of aromatic nitrogens is 1. The van der Waals surface area contributed by atoms with E-state index >= 15 is 0 Å². The van der Waals surface area contributed by atoms with E-state index in [-0.39, 0.29) is 0 Å². The Kier molecular flexibility index (Phi) is 4.27. The largest absolute Gasteiger partial charge is 0.379 e. The van der Waals surface area contributed by atoms with Gasteiger partial charge in [-0.3, -0.25) is 4.98 Å². The number of hydrogen-bond acceptors (Lipinski definition) is 4.